The van der Waals surface area contributed by atoms with Gasteiger partial charge >= 0.3 is 0 Å². The number of halogens is 2. The monoisotopic (exact) mass is 630 g/mol. The van der Waals surface area contributed by atoms with E-state index < -0.39 is 69.1 Å². The summed E-state index contributed by atoms with van der Waals surface area (Å²) in [6.07, 6.45) is 7.72. The summed E-state index contributed by atoms with van der Waals surface area (Å²) in [4.78, 5) is 41.6. The number of nitrogens with two attached hydrogens (primary N) is 1. The molecule has 228 valence electrons. The first-order chi connectivity index (χ1) is 20.2. The predicted molar refractivity (Wildman–Crippen MR) is 160 cm³/mol. The van der Waals surface area contributed by atoms with E-state index >= 15 is 0 Å². The largest absolute Gasteiger partial charge is 0.384 e. The van der Waals surface area contributed by atoms with Crippen LogP contribution in [0.15, 0.2) is 53.9 Å². The highest BCUT2D eigenvalue weighted by molar-refractivity contribution is 7.92. The molecule has 1 aromatic heterocycles. The number of allylic oxidation sites excluding steroid dienone is 4. The normalized spacial score (nSPS) is 25.3. The number of fused-ring (bicyclic) bond motifs is 3. The number of nitrogens with zero attached hydrogens (tertiary/aromatic N) is 1. The van der Waals surface area contributed by atoms with Crippen molar-refractivity contribution in [3.63, 3.8) is 0 Å². The molecule has 6 atom stereocenters. The quantitative estimate of drug-likeness (QED) is 0.223. The van der Waals surface area contributed by atoms with E-state index in [-0.39, 0.29) is 29.9 Å². The van der Waals surface area contributed by atoms with E-state index in [1.165, 1.54) is 46.8 Å². The number of nitrogens with one attached hydrogen (secondary N) is 4. The lowest BCUT2D eigenvalue weighted by molar-refractivity contribution is -0.137. The maximum absolute atomic E-state index is 14.9. The fourth-order valence-electron chi connectivity index (χ4n) is 5.82. The number of likely N-dealkylation sites (tertiary alicyclic amines) is 1. The first-order valence-corrected chi connectivity index (χ1v) is 16.5. The van der Waals surface area contributed by atoms with Crippen LogP contribution < -0.4 is 16.4 Å². The number of rotatable bonds is 8. The maximum atomic E-state index is 14.9. The van der Waals surface area contributed by atoms with E-state index in [1.807, 2.05) is 0 Å². The smallest absolute Gasteiger partial charge is 0.280 e. The highest BCUT2D eigenvalue weighted by atomic mass is 32.2. The molecular weight excluding hydrogens is 598 g/mol. The molecule has 14 heteroatoms. The van der Waals surface area contributed by atoms with Crippen molar-refractivity contribution in [3.8, 4) is 0 Å². The van der Waals surface area contributed by atoms with Crippen LogP contribution in [0.2, 0.25) is 0 Å². The van der Waals surface area contributed by atoms with E-state index in [1.54, 1.807) is 36.6 Å². The maximum Gasteiger partial charge on any atom is 0.280 e. The van der Waals surface area contributed by atoms with Gasteiger partial charge in [0, 0.05) is 55.4 Å². The summed E-state index contributed by atoms with van der Waals surface area (Å²) in [5.41, 5.74) is 6.41. The minimum atomic E-state index is -3.09. The summed E-state index contributed by atoms with van der Waals surface area (Å²) in [5.74, 6) is -6.50. The molecule has 1 aromatic carbocycles. The number of nitrogen functional groups attached to an aromatic ring is 1. The molecular formula is C29H32F2N6O4S2. The van der Waals surface area contributed by atoms with Crippen LogP contribution in [-0.2, 0) is 25.2 Å². The number of amidine groups is 1. The van der Waals surface area contributed by atoms with Crippen molar-refractivity contribution < 1.29 is 27.4 Å². The van der Waals surface area contributed by atoms with Crippen molar-refractivity contribution in [2.75, 3.05) is 19.3 Å². The number of thiophene rings is 1. The molecule has 0 saturated carbocycles. The highest BCUT2D eigenvalue weighted by Crippen LogP contribution is 2.55. The summed E-state index contributed by atoms with van der Waals surface area (Å²) >= 11 is 1.32. The SMILES string of the molecule is C[C@@H](NC(=O)[C@@H]1C[C@@H](S(C)(=N)=O)CN1C(=O)CNC(=O)c1ccc2c(c1)C1C=CC=CC1C2(F)F)c1cc(C(=N)N)cs1. The Morgan fingerprint density at radius 2 is 1.93 bits per heavy atom. The molecule has 2 aliphatic carbocycles. The Kier molecular flexibility index (Phi) is 8.03. The Hall–Kier alpha value is -3.91. The van der Waals surface area contributed by atoms with Gasteiger partial charge in [-0.15, -0.1) is 11.3 Å². The first-order valence-electron chi connectivity index (χ1n) is 13.6. The van der Waals surface area contributed by atoms with Gasteiger partial charge in [-0.1, -0.05) is 30.4 Å². The molecule has 43 heavy (non-hydrogen) atoms. The Morgan fingerprint density at radius 3 is 2.60 bits per heavy atom. The number of benzene rings is 1. The minimum Gasteiger partial charge on any atom is -0.384 e. The lowest BCUT2D eigenvalue weighted by atomic mass is 9.87. The zero-order chi connectivity index (χ0) is 31.3. The third kappa shape index (κ3) is 5.85. The van der Waals surface area contributed by atoms with Gasteiger partial charge in [0.05, 0.1) is 23.8 Å². The van der Waals surface area contributed by atoms with E-state index in [0.717, 1.165) is 4.88 Å². The van der Waals surface area contributed by atoms with Crippen LogP contribution in [0, 0.1) is 16.1 Å². The molecule has 2 aromatic rings. The lowest BCUT2D eigenvalue weighted by Crippen LogP contribution is -2.49. The van der Waals surface area contributed by atoms with Crippen molar-refractivity contribution in [1.82, 2.24) is 15.5 Å². The van der Waals surface area contributed by atoms with E-state index in [0.29, 0.717) is 11.1 Å². The Balaban J connectivity index is 1.27. The lowest BCUT2D eigenvalue weighted by Gasteiger charge is -2.25. The number of carbonyl (C=O) groups is 3. The van der Waals surface area contributed by atoms with Crippen LogP contribution in [0.25, 0.3) is 0 Å². The molecule has 2 heterocycles. The summed E-state index contributed by atoms with van der Waals surface area (Å²) in [6.45, 7) is 1.17. The van der Waals surface area contributed by atoms with Gasteiger partial charge in [0.25, 0.3) is 11.8 Å². The number of hydrogen-bond donors (Lipinski definition) is 5. The van der Waals surface area contributed by atoms with Crippen LogP contribution in [0.3, 0.4) is 0 Å². The average molecular weight is 631 g/mol. The van der Waals surface area contributed by atoms with Crippen LogP contribution in [0.5, 0.6) is 0 Å². The summed E-state index contributed by atoms with van der Waals surface area (Å²) < 4.78 is 50.5. The minimum absolute atomic E-state index is 0.0176. The first kappa shape index (κ1) is 30.5. The van der Waals surface area contributed by atoms with Gasteiger partial charge in [0.15, 0.2) is 0 Å². The zero-order valence-electron chi connectivity index (χ0n) is 23.4. The van der Waals surface area contributed by atoms with E-state index in [4.69, 9.17) is 15.9 Å². The van der Waals surface area contributed by atoms with Gasteiger partial charge < -0.3 is 21.3 Å². The molecule has 0 spiro atoms. The topological polar surface area (TPSA) is 169 Å². The standard InChI is InChI=1S/C29H32F2N6O4S2/c1-15(24-10-17(14-42-24)26(32)33)36-28(40)23-11-18(43(2,34)41)13-37(23)25(38)12-35-27(39)16-7-8-22-20(9-16)19-5-3-4-6-21(19)29(22,30)31/h3-10,14-15,18-19,21,23,34H,11-13H2,1-2H3,(H3,32,33)(H,35,39)(H,36,40)/t15-,18-,19?,21?,23+,43?/m1/s1. The predicted octanol–water partition coefficient (Wildman–Crippen LogP) is 3.22. The third-order valence-corrected chi connectivity index (χ3v) is 11.0. The van der Waals surface area contributed by atoms with Crippen molar-refractivity contribution in [3.05, 3.63) is 81.1 Å². The molecule has 1 fully saturated rings. The Labute approximate surface area is 251 Å². The van der Waals surface area contributed by atoms with Crippen molar-refractivity contribution in [2.45, 2.75) is 42.5 Å². The second-order valence-corrected chi connectivity index (χ2v) is 14.6. The van der Waals surface area contributed by atoms with Crippen LogP contribution in [-0.4, -0.2) is 63.3 Å². The molecule has 0 radical (unpaired) electrons. The fraction of sp³-hybridized carbons (Fsp3) is 0.379. The van der Waals surface area contributed by atoms with Gasteiger partial charge in [-0.05, 0) is 37.1 Å². The third-order valence-electron chi connectivity index (χ3n) is 8.22. The molecule has 0 bridgehead atoms. The van der Waals surface area contributed by atoms with Gasteiger partial charge in [-0.2, -0.15) is 0 Å². The molecule has 5 rings (SSSR count). The van der Waals surface area contributed by atoms with Crippen LogP contribution in [0.1, 0.15) is 57.2 Å². The van der Waals surface area contributed by atoms with Crippen molar-refractivity contribution >= 4 is 44.6 Å². The summed E-state index contributed by atoms with van der Waals surface area (Å²) in [5, 5.41) is 13.9. The Morgan fingerprint density at radius 1 is 1.21 bits per heavy atom. The number of carbonyl (C=O) groups excluding carboxylic acids is 3. The second kappa shape index (κ2) is 11.3. The Bertz CT molecular complexity index is 1670. The highest BCUT2D eigenvalue weighted by Gasteiger charge is 2.52. The van der Waals surface area contributed by atoms with Crippen molar-refractivity contribution in [1.29, 1.82) is 10.2 Å². The zero-order valence-corrected chi connectivity index (χ0v) is 25.1. The molecule has 3 unspecified atom stereocenters. The molecule has 3 aliphatic rings. The molecule has 10 nitrogen and oxygen atoms in total. The molecule has 6 N–H and O–H groups in total. The van der Waals surface area contributed by atoms with Gasteiger partial charge in [-0.25, -0.2) is 13.0 Å². The van der Waals surface area contributed by atoms with Gasteiger partial charge in [-0.3, -0.25) is 24.6 Å². The second-order valence-electron chi connectivity index (χ2n) is 11.1. The van der Waals surface area contributed by atoms with Gasteiger partial charge in [0.2, 0.25) is 11.8 Å². The molecule has 1 saturated heterocycles. The number of hydrogen-bond acceptors (Lipinski definition) is 7. The number of amides is 3. The van der Waals surface area contributed by atoms with Crippen LogP contribution >= 0.6 is 11.3 Å². The van der Waals surface area contributed by atoms with Gasteiger partial charge in [0.1, 0.15) is 11.9 Å². The fourth-order valence-corrected chi connectivity index (χ4v) is 7.73. The molecule has 1 aliphatic heterocycles. The van der Waals surface area contributed by atoms with Crippen LogP contribution in [0.4, 0.5) is 8.78 Å². The summed E-state index contributed by atoms with van der Waals surface area (Å²) in [6, 6.07) is 4.19. The average Bonchev–Trinajstić information content (AvgIpc) is 3.68. The van der Waals surface area contributed by atoms with Crippen molar-refractivity contribution in [2.24, 2.45) is 11.7 Å². The molecule has 3 amide bonds. The van der Waals surface area contributed by atoms with E-state index in [2.05, 4.69) is 10.6 Å². The summed E-state index contributed by atoms with van der Waals surface area (Å²) in [7, 11) is -3.09. The van der Waals surface area contributed by atoms with E-state index in [9.17, 15) is 27.4 Å². The number of alkyl halides is 2.